The van der Waals surface area contributed by atoms with E-state index in [-0.39, 0.29) is 12.0 Å². The highest BCUT2D eigenvalue weighted by molar-refractivity contribution is 5.76. The van der Waals surface area contributed by atoms with Crippen LogP contribution in [0.2, 0.25) is 0 Å². The van der Waals surface area contributed by atoms with Gasteiger partial charge in [-0.2, -0.15) is 0 Å². The van der Waals surface area contributed by atoms with E-state index in [9.17, 15) is 9.90 Å². The van der Waals surface area contributed by atoms with Crippen molar-refractivity contribution in [2.24, 2.45) is 11.8 Å². The average molecular weight is 304 g/mol. The Kier molecular flexibility index (Phi) is 6.37. The third kappa shape index (κ3) is 5.09. The van der Waals surface area contributed by atoms with Gasteiger partial charge in [0.15, 0.2) is 0 Å². The van der Waals surface area contributed by atoms with E-state index < -0.39 is 0 Å². The molecule has 22 heavy (non-hydrogen) atoms. The zero-order valence-corrected chi connectivity index (χ0v) is 13.7. The van der Waals surface area contributed by atoms with Gasteiger partial charge in [-0.3, -0.25) is 9.78 Å². The molecular weight excluding hydrogens is 276 g/mol. The van der Waals surface area contributed by atoms with Gasteiger partial charge in [0, 0.05) is 31.9 Å². The van der Waals surface area contributed by atoms with Gasteiger partial charge in [-0.15, -0.1) is 0 Å². The van der Waals surface area contributed by atoms with Gasteiger partial charge in [0.25, 0.3) is 0 Å². The van der Waals surface area contributed by atoms with Crippen molar-refractivity contribution in [2.75, 3.05) is 13.1 Å². The fourth-order valence-corrected chi connectivity index (χ4v) is 3.17. The number of carbonyl (C=O) groups is 1. The Morgan fingerprint density at radius 1 is 1.32 bits per heavy atom. The number of carbonyl (C=O) groups excluding carboxylic acids is 1. The summed E-state index contributed by atoms with van der Waals surface area (Å²) in [5.41, 5.74) is 1.16. The largest absolute Gasteiger partial charge is 0.393 e. The summed E-state index contributed by atoms with van der Waals surface area (Å²) in [6.45, 7) is 5.85. The third-order valence-electron chi connectivity index (χ3n) is 4.53. The molecule has 1 amide bonds. The molecule has 1 aromatic heterocycles. The Morgan fingerprint density at radius 3 is 2.55 bits per heavy atom. The van der Waals surface area contributed by atoms with E-state index >= 15 is 0 Å². The number of aliphatic hydroxyl groups is 1. The van der Waals surface area contributed by atoms with Gasteiger partial charge in [-0.05, 0) is 55.2 Å². The first kappa shape index (κ1) is 16.9. The van der Waals surface area contributed by atoms with E-state index in [1.165, 1.54) is 0 Å². The van der Waals surface area contributed by atoms with Crippen LogP contribution in [0.1, 0.15) is 45.1 Å². The minimum Gasteiger partial charge on any atom is -0.393 e. The second kappa shape index (κ2) is 8.28. The smallest absolute Gasteiger partial charge is 0.222 e. The monoisotopic (exact) mass is 304 g/mol. The molecule has 2 heterocycles. The molecule has 0 aliphatic carbocycles. The summed E-state index contributed by atoms with van der Waals surface area (Å²) in [5, 5.41) is 10.2. The molecule has 1 saturated heterocycles. The summed E-state index contributed by atoms with van der Waals surface area (Å²) in [6.07, 6.45) is 7.36. The first-order chi connectivity index (χ1) is 10.6. The quantitative estimate of drug-likeness (QED) is 0.879. The molecule has 4 nitrogen and oxygen atoms in total. The fraction of sp³-hybridized carbons (Fsp3) is 0.667. The normalized spacial score (nSPS) is 17.7. The summed E-state index contributed by atoms with van der Waals surface area (Å²) in [7, 11) is 0. The van der Waals surface area contributed by atoms with E-state index in [1.807, 2.05) is 17.0 Å². The first-order valence-electron chi connectivity index (χ1n) is 8.41. The Balaban J connectivity index is 1.73. The number of likely N-dealkylation sites (tertiary alicyclic amines) is 1. The molecule has 0 unspecified atom stereocenters. The number of aliphatic hydroxyl groups excluding tert-OH is 1. The maximum absolute atomic E-state index is 12.3. The number of pyridine rings is 1. The number of piperidine rings is 1. The Morgan fingerprint density at radius 2 is 1.95 bits per heavy atom. The van der Waals surface area contributed by atoms with E-state index in [1.54, 1.807) is 12.4 Å². The number of hydrogen-bond donors (Lipinski definition) is 1. The Bertz CT molecular complexity index is 453. The molecule has 0 radical (unpaired) electrons. The molecule has 0 saturated carbocycles. The second-order valence-corrected chi connectivity index (χ2v) is 6.77. The lowest BCUT2D eigenvalue weighted by Crippen LogP contribution is -2.41. The van der Waals surface area contributed by atoms with E-state index in [4.69, 9.17) is 0 Å². The number of aromatic nitrogens is 1. The van der Waals surface area contributed by atoms with Crippen LogP contribution in [0, 0.1) is 11.8 Å². The topological polar surface area (TPSA) is 53.4 Å². The summed E-state index contributed by atoms with van der Waals surface area (Å²) in [4.78, 5) is 18.2. The minimum atomic E-state index is -0.214. The van der Waals surface area contributed by atoms with Crippen LogP contribution in [0.5, 0.6) is 0 Å². The predicted molar refractivity (Wildman–Crippen MR) is 87.3 cm³/mol. The average Bonchev–Trinajstić information content (AvgIpc) is 2.53. The molecule has 122 valence electrons. The van der Waals surface area contributed by atoms with Gasteiger partial charge < -0.3 is 10.0 Å². The molecule has 1 N–H and O–H groups in total. The van der Waals surface area contributed by atoms with Crippen LogP contribution < -0.4 is 0 Å². The fourth-order valence-electron chi connectivity index (χ4n) is 3.17. The highest BCUT2D eigenvalue weighted by Gasteiger charge is 2.27. The molecule has 4 heteroatoms. The molecule has 0 aromatic carbocycles. The van der Waals surface area contributed by atoms with Gasteiger partial charge in [0.2, 0.25) is 5.91 Å². The van der Waals surface area contributed by atoms with Crippen LogP contribution in [0.4, 0.5) is 0 Å². The lowest BCUT2D eigenvalue weighted by molar-refractivity contribution is -0.133. The number of hydrogen-bond acceptors (Lipinski definition) is 3. The maximum Gasteiger partial charge on any atom is 0.222 e. The molecular formula is C18H28N2O2. The van der Waals surface area contributed by atoms with Crippen molar-refractivity contribution < 1.29 is 9.90 Å². The van der Waals surface area contributed by atoms with Crippen molar-refractivity contribution in [3.05, 3.63) is 30.1 Å². The second-order valence-electron chi connectivity index (χ2n) is 6.77. The minimum absolute atomic E-state index is 0.214. The lowest BCUT2D eigenvalue weighted by atomic mass is 9.87. The van der Waals surface area contributed by atoms with Crippen molar-refractivity contribution in [1.82, 2.24) is 9.88 Å². The molecule has 1 aliphatic rings. The van der Waals surface area contributed by atoms with Gasteiger partial charge in [-0.1, -0.05) is 13.8 Å². The van der Waals surface area contributed by atoms with Crippen molar-refractivity contribution in [3.8, 4) is 0 Å². The summed E-state index contributed by atoms with van der Waals surface area (Å²) >= 11 is 0. The van der Waals surface area contributed by atoms with Crippen LogP contribution in [0.3, 0.4) is 0 Å². The molecule has 1 aromatic rings. The van der Waals surface area contributed by atoms with Crippen LogP contribution in [-0.4, -0.2) is 40.1 Å². The SMILES string of the molecule is CC(C)C[C@@H](O)C1CCN(C(=O)CCc2ccncc2)CC1. The van der Waals surface area contributed by atoms with Crippen LogP contribution in [0.25, 0.3) is 0 Å². The summed E-state index contributed by atoms with van der Waals surface area (Å²) in [6, 6.07) is 3.92. The number of nitrogens with zero attached hydrogens (tertiary/aromatic N) is 2. The van der Waals surface area contributed by atoms with Crippen molar-refractivity contribution in [3.63, 3.8) is 0 Å². The highest BCUT2D eigenvalue weighted by atomic mass is 16.3. The zero-order valence-electron chi connectivity index (χ0n) is 13.7. The predicted octanol–water partition coefficient (Wildman–Crippen LogP) is 2.66. The molecule has 0 spiro atoms. The van der Waals surface area contributed by atoms with Crippen molar-refractivity contribution in [2.45, 2.75) is 52.1 Å². The van der Waals surface area contributed by atoms with Gasteiger partial charge in [0.05, 0.1) is 6.10 Å². The maximum atomic E-state index is 12.3. The third-order valence-corrected chi connectivity index (χ3v) is 4.53. The van der Waals surface area contributed by atoms with Crippen LogP contribution >= 0.6 is 0 Å². The van der Waals surface area contributed by atoms with Crippen molar-refractivity contribution >= 4 is 5.91 Å². The first-order valence-corrected chi connectivity index (χ1v) is 8.41. The summed E-state index contributed by atoms with van der Waals surface area (Å²) < 4.78 is 0. The van der Waals surface area contributed by atoms with E-state index in [0.717, 1.165) is 44.3 Å². The number of aryl methyl sites for hydroxylation is 1. The molecule has 1 aliphatic heterocycles. The van der Waals surface area contributed by atoms with Crippen molar-refractivity contribution in [1.29, 1.82) is 0 Å². The van der Waals surface area contributed by atoms with Gasteiger partial charge in [-0.25, -0.2) is 0 Å². The molecule has 2 rings (SSSR count). The summed E-state index contributed by atoms with van der Waals surface area (Å²) in [5.74, 6) is 1.11. The Labute approximate surface area is 133 Å². The number of rotatable bonds is 6. The van der Waals surface area contributed by atoms with E-state index in [2.05, 4.69) is 18.8 Å². The molecule has 1 atom stereocenters. The molecule has 1 fully saturated rings. The van der Waals surface area contributed by atoms with E-state index in [0.29, 0.717) is 18.3 Å². The zero-order chi connectivity index (χ0) is 15.9. The van der Waals surface area contributed by atoms with Crippen LogP contribution in [0.15, 0.2) is 24.5 Å². The standard InChI is InChI=1S/C18H28N2O2/c1-14(2)13-17(21)16-7-11-20(12-8-16)18(22)4-3-15-5-9-19-10-6-15/h5-6,9-10,14,16-17,21H,3-4,7-8,11-13H2,1-2H3/t17-/m1/s1. The van der Waals surface area contributed by atoms with Crippen LogP contribution in [-0.2, 0) is 11.2 Å². The Hall–Kier alpha value is -1.42. The van der Waals surface area contributed by atoms with Gasteiger partial charge >= 0.3 is 0 Å². The lowest BCUT2D eigenvalue weighted by Gasteiger charge is -2.34. The molecule has 0 bridgehead atoms. The highest BCUT2D eigenvalue weighted by Crippen LogP contribution is 2.25. The number of amides is 1. The van der Waals surface area contributed by atoms with Gasteiger partial charge in [0.1, 0.15) is 0 Å².